The van der Waals surface area contributed by atoms with E-state index in [2.05, 4.69) is 4.74 Å². The Labute approximate surface area is 126 Å². The fourth-order valence-corrected chi connectivity index (χ4v) is 4.00. The predicted molar refractivity (Wildman–Crippen MR) is 72.6 cm³/mol. The molecular formula is C13H13FN2O5S. The van der Waals surface area contributed by atoms with Crippen LogP contribution in [0.4, 0.5) is 9.18 Å². The summed E-state index contributed by atoms with van der Waals surface area (Å²) in [6.45, 7) is -0.174. The molecule has 0 aliphatic carbocycles. The normalized spacial score (nSPS) is 20.1. The van der Waals surface area contributed by atoms with E-state index in [0.717, 1.165) is 4.90 Å². The van der Waals surface area contributed by atoms with Gasteiger partial charge in [-0.25, -0.2) is 22.5 Å². The van der Waals surface area contributed by atoms with Crippen molar-refractivity contribution < 1.29 is 27.1 Å². The summed E-state index contributed by atoms with van der Waals surface area (Å²) < 4.78 is 43.0. The van der Waals surface area contributed by atoms with Gasteiger partial charge in [-0.3, -0.25) is 4.79 Å². The summed E-state index contributed by atoms with van der Waals surface area (Å²) in [5.41, 5.74) is 0.474. The Bertz CT molecular complexity index is 696. The van der Waals surface area contributed by atoms with Gasteiger partial charge in [-0.15, -0.1) is 0 Å². The number of sulfonamides is 1. The first kappa shape index (κ1) is 14.9. The monoisotopic (exact) mass is 328 g/mol. The Morgan fingerprint density at radius 2 is 1.82 bits per heavy atom. The molecule has 2 aliphatic rings. The fourth-order valence-electron chi connectivity index (χ4n) is 2.41. The van der Waals surface area contributed by atoms with Crippen LogP contribution in [0.1, 0.15) is 5.56 Å². The second-order valence-corrected chi connectivity index (χ2v) is 7.14. The number of amides is 2. The largest absolute Gasteiger partial charge is 0.439 e. The van der Waals surface area contributed by atoms with Gasteiger partial charge in [0.15, 0.2) is 6.61 Å². The molecule has 9 heteroatoms. The van der Waals surface area contributed by atoms with Gasteiger partial charge in [0.05, 0.1) is 11.8 Å². The highest BCUT2D eigenvalue weighted by Crippen LogP contribution is 2.24. The maximum Gasteiger partial charge on any atom is 0.417 e. The lowest BCUT2D eigenvalue weighted by atomic mass is 10.1. The molecule has 0 radical (unpaired) electrons. The first-order valence-corrected chi connectivity index (χ1v) is 8.19. The van der Waals surface area contributed by atoms with Gasteiger partial charge in [-0.2, -0.15) is 4.31 Å². The van der Waals surface area contributed by atoms with Gasteiger partial charge in [-0.05, 0) is 17.7 Å². The van der Waals surface area contributed by atoms with Crippen LogP contribution >= 0.6 is 0 Å². The van der Waals surface area contributed by atoms with Gasteiger partial charge in [0.1, 0.15) is 5.82 Å². The molecule has 22 heavy (non-hydrogen) atoms. The van der Waals surface area contributed by atoms with Gasteiger partial charge in [0.2, 0.25) is 10.0 Å². The molecule has 3 rings (SSSR count). The first-order valence-electron chi connectivity index (χ1n) is 6.58. The van der Waals surface area contributed by atoms with E-state index in [9.17, 15) is 22.4 Å². The fraction of sp³-hybridized carbons (Fsp3) is 0.385. The number of benzene rings is 1. The van der Waals surface area contributed by atoms with E-state index in [1.165, 1.54) is 28.6 Å². The van der Waals surface area contributed by atoms with E-state index in [1.54, 1.807) is 0 Å². The zero-order chi connectivity index (χ0) is 15.9. The van der Waals surface area contributed by atoms with Crippen molar-refractivity contribution in [3.8, 4) is 0 Å². The Balaban J connectivity index is 1.62. The van der Waals surface area contributed by atoms with Crippen LogP contribution in [0.2, 0.25) is 0 Å². The molecule has 1 aromatic rings. The zero-order valence-corrected chi connectivity index (χ0v) is 12.3. The minimum absolute atomic E-state index is 0.0599. The smallest absolute Gasteiger partial charge is 0.417 e. The van der Waals surface area contributed by atoms with E-state index in [-0.39, 0.29) is 25.4 Å². The molecule has 0 atom stereocenters. The number of hydrogen-bond acceptors (Lipinski definition) is 5. The molecule has 0 unspecified atom stereocenters. The molecule has 2 saturated heterocycles. The van der Waals surface area contributed by atoms with E-state index in [0.29, 0.717) is 5.56 Å². The summed E-state index contributed by atoms with van der Waals surface area (Å²) in [6, 6.07) is 4.73. The minimum atomic E-state index is -3.57. The van der Waals surface area contributed by atoms with Gasteiger partial charge in [0.25, 0.3) is 5.91 Å². The van der Waals surface area contributed by atoms with Crippen LogP contribution in [0.15, 0.2) is 24.3 Å². The van der Waals surface area contributed by atoms with Crippen molar-refractivity contribution in [1.82, 2.24) is 9.21 Å². The van der Waals surface area contributed by atoms with E-state index in [1.807, 2.05) is 0 Å². The molecule has 118 valence electrons. The number of carbonyl (C=O) groups is 2. The number of cyclic esters (lactones) is 1. The van der Waals surface area contributed by atoms with Crippen LogP contribution < -0.4 is 0 Å². The highest BCUT2D eigenvalue weighted by Gasteiger charge is 2.46. The van der Waals surface area contributed by atoms with Crippen LogP contribution in [-0.2, 0) is 25.3 Å². The summed E-state index contributed by atoms with van der Waals surface area (Å²) in [6.07, 6.45) is -0.731. The van der Waals surface area contributed by atoms with Crippen molar-refractivity contribution in [2.24, 2.45) is 0 Å². The van der Waals surface area contributed by atoms with Crippen LogP contribution in [-0.4, -0.2) is 55.4 Å². The van der Waals surface area contributed by atoms with Crippen molar-refractivity contribution in [2.75, 3.05) is 19.7 Å². The van der Waals surface area contributed by atoms with Crippen molar-refractivity contribution in [3.05, 3.63) is 35.6 Å². The topological polar surface area (TPSA) is 84.0 Å². The molecule has 2 heterocycles. The molecule has 0 aromatic heterocycles. The molecule has 0 bridgehead atoms. The molecule has 2 amide bonds. The number of carbonyl (C=O) groups excluding carboxylic acids is 2. The third-order valence-corrected chi connectivity index (χ3v) is 5.42. The number of hydrogen-bond donors (Lipinski definition) is 0. The third-order valence-electron chi connectivity index (χ3n) is 3.63. The molecule has 1 aromatic carbocycles. The van der Waals surface area contributed by atoms with Crippen LogP contribution in [0, 0.1) is 5.82 Å². The molecule has 0 saturated carbocycles. The first-order chi connectivity index (χ1) is 10.4. The summed E-state index contributed by atoms with van der Waals surface area (Å²) >= 11 is 0. The van der Waals surface area contributed by atoms with E-state index in [4.69, 9.17) is 0 Å². The second-order valence-electron chi connectivity index (χ2n) is 5.17. The van der Waals surface area contributed by atoms with Crippen LogP contribution in [0.25, 0.3) is 0 Å². The van der Waals surface area contributed by atoms with Gasteiger partial charge in [0, 0.05) is 13.1 Å². The average molecular weight is 328 g/mol. The predicted octanol–water partition coefficient (Wildman–Crippen LogP) is 0.318. The van der Waals surface area contributed by atoms with Gasteiger partial charge < -0.3 is 4.74 Å². The molecule has 0 N–H and O–H groups in total. The summed E-state index contributed by atoms with van der Waals surface area (Å²) in [4.78, 5) is 23.8. The van der Waals surface area contributed by atoms with E-state index >= 15 is 0 Å². The average Bonchev–Trinajstić information content (AvgIpc) is 2.71. The van der Waals surface area contributed by atoms with E-state index < -0.39 is 33.9 Å². The van der Waals surface area contributed by atoms with Crippen molar-refractivity contribution in [2.45, 2.75) is 11.8 Å². The Morgan fingerprint density at radius 1 is 1.18 bits per heavy atom. The van der Waals surface area contributed by atoms with Crippen LogP contribution in [0.5, 0.6) is 0 Å². The molecular weight excluding hydrogens is 315 g/mol. The molecule has 0 spiro atoms. The SMILES string of the molecule is O=C1COC(=O)N1C1CN(S(=O)(=O)Cc2ccc(F)cc2)C1. The number of ether oxygens (including phenoxy) is 1. The lowest BCUT2D eigenvalue weighted by molar-refractivity contribution is -0.128. The summed E-state index contributed by atoms with van der Waals surface area (Å²) in [7, 11) is -3.57. The maximum absolute atomic E-state index is 12.8. The highest BCUT2D eigenvalue weighted by atomic mass is 32.2. The Morgan fingerprint density at radius 3 is 2.36 bits per heavy atom. The molecule has 2 aliphatic heterocycles. The van der Waals surface area contributed by atoms with Gasteiger partial charge >= 0.3 is 6.09 Å². The molecule has 2 fully saturated rings. The Kier molecular flexibility index (Phi) is 3.61. The van der Waals surface area contributed by atoms with Crippen molar-refractivity contribution in [1.29, 1.82) is 0 Å². The number of imide groups is 1. The summed E-state index contributed by atoms with van der Waals surface area (Å²) in [5.74, 6) is -1.14. The number of rotatable bonds is 4. The molecule has 7 nitrogen and oxygen atoms in total. The number of halogens is 1. The minimum Gasteiger partial charge on any atom is -0.439 e. The quantitative estimate of drug-likeness (QED) is 0.795. The summed E-state index contributed by atoms with van der Waals surface area (Å²) in [5, 5.41) is 0. The Hall–Kier alpha value is -2.00. The van der Waals surface area contributed by atoms with Crippen LogP contribution in [0.3, 0.4) is 0 Å². The van der Waals surface area contributed by atoms with Gasteiger partial charge in [-0.1, -0.05) is 12.1 Å². The zero-order valence-electron chi connectivity index (χ0n) is 11.4. The highest BCUT2D eigenvalue weighted by molar-refractivity contribution is 7.88. The second kappa shape index (κ2) is 5.33. The standard InChI is InChI=1S/C13H13FN2O5S/c14-10-3-1-9(2-4-10)8-22(19,20)15-5-11(6-15)16-12(17)7-21-13(16)18/h1-4,11H,5-8H2. The number of nitrogens with zero attached hydrogens (tertiary/aromatic N) is 2. The maximum atomic E-state index is 12.8. The lowest BCUT2D eigenvalue weighted by Crippen LogP contribution is -2.62. The third kappa shape index (κ3) is 2.69. The lowest BCUT2D eigenvalue weighted by Gasteiger charge is -2.40. The van der Waals surface area contributed by atoms with Crippen molar-refractivity contribution >= 4 is 22.0 Å². The van der Waals surface area contributed by atoms with Crippen molar-refractivity contribution in [3.63, 3.8) is 0 Å².